The number of hydrogen-bond donors (Lipinski definition) is 2. The third-order valence-corrected chi connectivity index (χ3v) is 5.23. The largest absolute Gasteiger partial charge is 0.379 e. The second-order valence-electron chi connectivity index (χ2n) is 6.31. The third-order valence-electron chi connectivity index (χ3n) is 4.39. The van der Waals surface area contributed by atoms with Crippen LogP contribution in [0.25, 0.3) is 0 Å². The van der Waals surface area contributed by atoms with Crippen molar-refractivity contribution >= 4 is 28.5 Å². The smallest absolute Gasteiger partial charge is 0.281 e. The molecule has 3 N–H and O–H groups in total. The zero-order valence-corrected chi connectivity index (χ0v) is 16.1. The number of nitrogens with zero attached hydrogens (tertiary/aromatic N) is 4. The van der Waals surface area contributed by atoms with Crippen LogP contribution in [-0.4, -0.2) is 44.5 Å². The lowest BCUT2D eigenvalue weighted by atomic mass is 9.91. The van der Waals surface area contributed by atoms with E-state index in [1.807, 2.05) is 0 Å². The highest BCUT2D eigenvalue weighted by atomic mass is 32.2. The van der Waals surface area contributed by atoms with Gasteiger partial charge in [0.2, 0.25) is 0 Å². The van der Waals surface area contributed by atoms with E-state index < -0.39 is 24.7 Å². The number of nitrogens with two attached hydrogens (primary N) is 1. The Balaban J connectivity index is 1.77. The van der Waals surface area contributed by atoms with E-state index in [9.17, 15) is 18.0 Å². The highest BCUT2D eigenvalue weighted by molar-refractivity contribution is 8.13. The number of carbonyl (C=O) groups excluding carboxylic acids is 1. The molecule has 1 unspecified atom stereocenters. The Kier molecular flexibility index (Phi) is 7.02. The monoisotopic (exact) mass is 424 g/mol. The number of aromatic nitrogens is 3. The van der Waals surface area contributed by atoms with Crippen LogP contribution >= 0.6 is 11.8 Å². The minimum absolute atomic E-state index is 0.102. The fourth-order valence-corrected chi connectivity index (χ4v) is 3.77. The fraction of sp³-hybridized carbons (Fsp3) is 0.389. The first-order chi connectivity index (χ1) is 14.0. The number of pyridine rings is 1. The summed E-state index contributed by atoms with van der Waals surface area (Å²) in [6.07, 6.45) is 1.58. The van der Waals surface area contributed by atoms with Crippen LogP contribution in [0.15, 0.2) is 35.7 Å². The molecule has 154 valence electrons. The highest BCUT2D eigenvalue weighted by Gasteiger charge is 2.27. The van der Waals surface area contributed by atoms with Crippen molar-refractivity contribution in [2.45, 2.75) is 31.2 Å². The summed E-state index contributed by atoms with van der Waals surface area (Å²) in [6, 6.07) is 3.04. The molecule has 0 aromatic carbocycles. The van der Waals surface area contributed by atoms with Crippen molar-refractivity contribution in [3.63, 3.8) is 0 Å². The molecular formula is C18H19F3N6OS. The molecule has 0 saturated carbocycles. The quantitative estimate of drug-likeness (QED) is 0.706. The highest BCUT2D eigenvalue weighted by Crippen LogP contribution is 2.31. The number of carbonyl (C=O) groups is 1. The van der Waals surface area contributed by atoms with Gasteiger partial charge in [-0.15, -0.1) is 0 Å². The predicted octanol–water partition coefficient (Wildman–Crippen LogP) is 3.32. The first kappa shape index (κ1) is 21.0. The Hall–Kier alpha value is -2.69. The van der Waals surface area contributed by atoms with E-state index in [0.29, 0.717) is 16.5 Å². The summed E-state index contributed by atoms with van der Waals surface area (Å²) < 4.78 is 38.3. The van der Waals surface area contributed by atoms with Crippen molar-refractivity contribution in [1.82, 2.24) is 15.0 Å². The van der Waals surface area contributed by atoms with Crippen molar-refractivity contribution in [3.05, 3.63) is 47.8 Å². The maximum Gasteiger partial charge on any atom is 0.281 e. The molecule has 1 aliphatic rings. The normalized spacial score (nSPS) is 17.7. The summed E-state index contributed by atoms with van der Waals surface area (Å²) in [5.41, 5.74) is 6.21. The van der Waals surface area contributed by atoms with Crippen LogP contribution in [-0.2, 0) is 0 Å². The Labute approximate surface area is 169 Å². The molecular weight excluding hydrogens is 405 g/mol. The van der Waals surface area contributed by atoms with Gasteiger partial charge in [-0.1, -0.05) is 11.8 Å². The van der Waals surface area contributed by atoms with Crippen molar-refractivity contribution < 1.29 is 18.0 Å². The van der Waals surface area contributed by atoms with Gasteiger partial charge in [-0.3, -0.25) is 24.1 Å². The van der Waals surface area contributed by atoms with E-state index >= 15 is 0 Å². The van der Waals surface area contributed by atoms with Crippen LogP contribution in [0.4, 0.5) is 18.9 Å². The Morgan fingerprint density at radius 2 is 2.10 bits per heavy atom. The lowest BCUT2D eigenvalue weighted by Crippen LogP contribution is -2.27. The average Bonchev–Trinajstić information content (AvgIpc) is 2.72. The molecule has 7 nitrogen and oxygen atoms in total. The predicted molar refractivity (Wildman–Crippen MR) is 105 cm³/mol. The van der Waals surface area contributed by atoms with Crippen LogP contribution in [0.3, 0.4) is 0 Å². The van der Waals surface area contributed by atoms with Gasteiger partial charge in [0.05, 0.1) is 25.1 Å². The fourth-order valence-electron chi connectivity index (χ4n) is 2.99. The van der Waals surface area contributed by atoms with Gasteiger partial charge in [0, 0.05) is 29.2 Å². The molecule has 0 bridgehead atoms. The molecule has 1 aliphatic heterocycles. The molecule has 0 aliphatic carbocycles. The maximum absolute atomic E-state index is 13.2. The first-order valence-corrected chi connectivity index (χ1v) is 9.86. The zero-order chi connectivity index (χ0) is 20.8. The molecule has 3 rings (SSSR count). The van der Waals surface area contributed by atoms with Gasteiger partial charge in [-0.2, -0.15) is 0 Å². The second-order valence-corrected chi connectivity index (χ2v) is 7.42. The van der Waals surface area contributed by atoms with E-state index in [1.54, 1.807) is 12.1 Å². The van der Waals surface area contributed by atoms with Crippen molar-refractivity contribution in [3.8, 4) is 0 Å². The second kappa shape index (κ2) is 9.68. The molecule has 0 fully saturated rings. The van der Waals surface area contributed by atoms with Crippen LogP contribution in [0.5, 0.6) is 0 Å². The molecule has 2 atom stereocenters. The average molecular weight is 424 g/mol. The maximum atomic E-state index is 13.2. The number of anilines is 1. The first-order valence-electron chi connectivity index (χ1n) is 8.87. The Bertz CT molecular complexity index is 880. The van der Waals surface area contributed by atoms with Crippen molar-refractivity contribution in [2.24, 2.45) is 10.7 Å². The molecule has 0 radical (unpaired) electrons. The minimum Gasteiger partial charge on any atom is -0.379 e. The van der Waals surface area contributed by atoms with Gasteiger partial charge >= 0.3 is 0 Å². The summed E-state index contributed by atoms with van der Waals surface area (Å²) >= 11 is 1.46. The van der Waals surface area contributed by atoms with Crippen LogP contribution in [0.1, 0.15) is 47.1 Å². The molecule has 2 aromatic heterocycles. The summed E-state index contributed by atoms with van der Waals surface area (Å²) in [5, 5.41) is 3.10. The number of rotatable bonds is 7. The number of amides is 1. The number of hydrogen-bond acceptors (Lipinski definition) is 7. The number of aliphatic imine (C=N–C) groups is 1. The number of amidine groups is 1. The van der Waals surface area contributed by atoms with Gasteiger partial charge in [-0.25, -0.2) is 13.8 Å². The van der Waals surface area contributed by atoms with Gasteiger partial charge < -0.3 is 11.1 Å². The zero-order valence-electron chi connectivity index (χ0n) is 15.3. The van der Waals surface area contributed by atoms with E-state index in [2.05, 4.69) is 25.3 Å². The lowest BCUT2D eigenvalue weighted by Gasteiger charge is -2.26. The van der Waals surface area contributed by atoms with Crippen LogP contribution in [0.2, 0.25) is 0 Å². The number of thioether (sulfide) groups is 1. The molecule has 2 aromatic rings. The third kappa shape index (κ3) is 5.43. The van der Waals surface area contributed by atoms with Gasteiger partial charge in [0.1, 0.15) is 11.4 Å². The summed E-state index contributed by atoms with van der Waals surface area (Å²) in [5.74, 6) is -0.0813. The van der Waals surface area contributed by atoms with Crippen molar-refractivity contribution in [2.75, 3.05) is 17.7 Å². The minimum atomic E-state index is -2.76. The Morgan fingerprint density at radius 1 is 1.28 bits per heavy atom. The van der Waals surface area contributed by atoms with Gasteiger partial charge in [-0.05, 0) is 25.0 Å². The molecule has 1 amide bonds. The lowest BCUT2D eigenvalue weighted by molar-refractivity contribution is 0.102. The topological polar surface area (TPSA) is 106 Å². The van der Waals surface area contributed by atoms with Gasteiger partial charge in [0.25, 0.3) is 12.3 Å². The van der Waals surface area contributed by atoms with Crippen LogP contribution < -0.4 is 11.1 Å². The number of nitrogens with one attached hydrogen (secondary N) is 1. The van der Waals surface area contributed by atoms with E-state index in [-0.39, 0.29) is 24.1 Å². The summed E-state index contributed by atoms with van der Waals surface area (Å²) in [7, 11) is 0. The van der Waals surface area contributed by atoms with E-state index in [4.69, 9.17) is 5.73 Å². The van der Waals surface area contributed by atoms with Gasteiger partial charge in [0.15, 0.2) is 5.17 Å². The van der Waals surface area contributed by atoms with E-state index in [0.717, 1.165) is 24.6 Å². The van der Waals surface area contributed by atoms with Crippen molar-refractivity contribution in [1.29, 1.82) is 0 Å². The molecule has 0 saturated heterocycles. The van der Waals surface area contributed by atoms with Crippen LogP contribution in [0, 0.1) is 0 Å². The molecule has 3 heterocycles. The standard InChI is InChI=1S/C18H19F3N6OS/c19-4-1-11(12-3-6-29-18(22)27-12)13-7-10(2-5-23-13)26-17(28)15-9-24-14(8-25-15)16(20)21/h2,5,7-9,11-12,16H,1,3-4,6H2,(H2,22,27)(H,23,26,28)/t11-,12?/m0/s1. The molecule has 11 heteroatoms. The summed E-state index contributed by atoms with van der Waals surface area (Å²) in [6.45, 7) is -0.534. The SMILES string of the molecule is NC1=NC([C@H](CCF)c2cc(NC(=O)c3cnc(C(F)F)cn3)ccn2)CCS1. The summed E-state index contributed by atoms with van der Waals surface area (Å²) in [4.78, 5) is 28.3. The number of alkyl halides is 3. The Morgan fingerprint density at radius 3 is 2.76 bits per heavy atom. The van der Waals surface area contributed by atoms with E-state index in [1.165, 1.54) is 18.0 Å². The molecule has 0 spiro atoms. The number of halogens is 3. The molecule has 29 heavy (non-hydrogen) atoms.